The number of aromatic nitrogens is 4. The molecule has 4 rings (SSSR count). The number of nitrogens with zero attached hydrogens (tertiary/aromatic N) is 4. The van der Waals surface area contributed by atoms with E-state index in [9.17, 15) is 24.3 Å². The first-order chi connectivity index (χ1) is 15.8. The maximum atomic E-state index is 13.0. The van der Waals surface area contributed by atoms with Gasteiger partial charge in [0.25, 0.3) is 5.91 Å². The Bertz CT molecular complexity index is 1310. The molecule has 10 nitrogen and oxygen atoms in total. The summed E-state index contributed by atoms with van der Waals surface area (Å²) in [6.45, 7) is 0. The average Bonchev–Trinajstić information content (AvgIpc) is 2.83. The van der Waals surface area contributed by atoms with Crippen LogP contribution < -0.4 is 10.8 Å². The van der Waals surface area contributed by atoms with E-state index < -0.39 is 25.4 Å². The highest BCUT2D eigenvalue weighted by atomic mass is 31.2. The molecule has 0 radical (unpaired) electrons. The number of nitrogens with one attached hydrogen (secondary N) is 1. The average molecular weight is 463 g/mol. The molecular formula is C22H18N5O5P. The van der Waals surface area contributed by atoms with Gasteiger partial charge >= 0.3 is 7.60 Å². The van der Waals surface area contributed by atoms with Crippen molar-refractivity contribution in [1.29, 1.82) is 0 Å². The molecule has 0 spiro atoms. The number of benzene rings is 1. The first kappa shape index (κ1) is 22.2. The van der Waals surface area contributed by atoms with Crippen molar-refractivity contribution in [1.82, 2.24) is 25.3 Å². The van der Waals surface area contributed by atoms with Crippen LogP contribution >= 0.6 is 7.60 Å². The minimum atomic E-state index is -4.51. The summed E-state index contributed by atoms with van der Waals surface area (Å²) in [5.74, 6) is -0.987. The highest BCUT2D eigenvalue weighted by Crippen LogP contribution is 2.32. The lowest BCUT2D eigenvalue weighted by molar-refractivity contribution is 0.0939. The highest BCUT2D eigenvalue weighted by Gasteiger charge is 2.24. The van der Waals surface area contributed by atoms with E-state index >= 15 is 0 Å². The van der Waals surface area contributed by atoms with Crippen molar-refractivity contribution in [2.75, 3.05) is 0 Å². The van der Waals surface area contributed by atoms with E-state index in [1.807, 2.05) is 6.07 Å². The number of amides is 1. The van der Waals surface area contributed by atoms with Crippen LogP contribution in [0.15, 0.2) is 79.3 Å². The maximum Gasteiger partial charge on any atom is 0.374 e. The third-order valence-corrected chi connectivity index (χ3v) is 5.58. The molecule has 33 heavy (non-hydrogen) atoms. The molecule has 1 amide bonds. The van der Waals surface area contributed by atoms with Gasteiger partial charge in [0, 0.05) is 18.6 Å². The van der Waals surface area contributed by atoms with Crippen molar-refractivity contribution in [3.63, 3.8) is 0 Å². The number of hydrogen-bond acceptors (Lipinski definition) is 7. The van der Waals surface area contributed by atoms with Gasteiger partial charge in [-0.2, -0.15) is 4.98 Å². The predicted molar refractivity (Wildman–Crippen MR) is 119 cm³/mol. The fraction of sp³-hybridized carbons (Fsp3) is 0.0455. The smallest absolute Gasteiger partial charge is 0.374 e. The van der Waals surface area contributed by atoms with Crippen LogP contribution in [0.3, 0.4) is 0 Å². The Morgan fingerprint density at radius 1 is 0.879 bits per heavy atom. The minimum absolute atomic E-state index is 0.143. The van der Waals surface area contributed by atoms with Crippen LogP contribution in [0.2, 0.25) is 0 Å². The summed E-state index contributed by atoms with van der Waals surface area (Å²) in [5.41, 5.74) is 1.11. The fourth-order valence-electron chi connectivity index (χ4n) is 3.11. The second-order valence-electron chi connectivity index (χ2n) is 6.96. The van der Waals surface area contributed by atoms with Gasteiger partial charge < -0.3 is 20.2 Å². The van der Waals surface area contributed by atoms with Crippen LogP contribution in [-0.4, -0.2) is 40.7 Å². The summed E-state index contributed by atoms with van der Waals surface area (Å²) in [6, 6.07) is 16.1. The van der Waals surface area contributed by atoms with Gasteiger partial charge in [0.1, 0.15) is 11.3 Å². The number of aromatic hydroxyl groups is 1. The van der Waals surface area contributed by atoms with Gasteiger partial charge in [-0.15, -0.1) is 0 Å². The molecule has 3 aromatic heterocycles. The van der Waals surface area contributed by atoms with E-state index in [1.165, 1.54) is 24.5 Å². The standard InChI is InChI=1S/C22H18N5O5P/c28-21(16-13-25-20(27-22(16)29)17-8-4-5-11-23-17)26-19(14-6-2-1-3-7-14)15-9-10-18(24-12-15)33(30,31)32/h1-13,19H,(H,26,28)(H,25,27,29)(H2,30,31,32). The molecule has 0 fully saturated rings. The third-order valence-electron chi connectivity index (χ3n) is 4.72. The van der Waals surface area contributed by atoms with Gasteiger partial charge in [-0.3, -0.25) is 14.3 Å². The number of rotatable bonds is 6. The number of hydrogen-bond donors (Lipinski definition) is 4. The third kappa shape index (κ3) is 5.09. The summed E-state index contributed by atoms with van der Waals surface area (Å²) in [5, 5.41) is 13.2. The molecule has 166 valence electrons. The molecule has 0 saturated heterocycles. The van der Waals surface area contributed by atoms with Crippen LogP contribution in [0.5, 0.6) is 5.88 Å². The fourth-order valence-corrected chi connectivity index (χ4v) is 3.58. The molecule has 4 aromatic rings. The van der Waals surface area contributed by atoms with Crippen molar-refractivity contribution < 1.29 is 24.3 Å². The van der Waals surface area contributed by atoms with E-state index in [4.69, 9.17) is 0 Å². The first-order valence-corrected chi connectivity index (χ1v) is 11.3. The summed E-state index contributed by atoms with van der Waals surface area (Å²) >= 11 is 0. The molecule has 0 aliphatic carbocycles. The second kappa shape index (κ2) is 9.25. The predicted octanol–water partition coefficient (Wildman–Crippen LogP) is 1.96. The van der Waals surface area contributed by atoms with Crippen molar-refractivity contribution in [3.8, 4) is 17.4 Å². The van der Waals surface area contributed by atoms with Gasteiger partial charge in [-0.05, 0) is 29.3 Å². The molecule has 0 aliphatic rings. The van der Waals surface area contributed by atoms with Crippen molar-refractivity contribution >= 4 is 18.9 Å². The van der Waals surface area contributed by atoms with Gasteiger partial charge in [0.15, 0.2) is 11.3 Å². The highest BCUT2D eigenvalue weighted by molar-refractivity contribution is 7.60. The quantitative estimate of drug-likeness (QED) is 0.314. The van der Waals surface area contributed by atoms with Gasteiger partial charge in [-0.1, -0.05) is 42.5 Å². The molecule has 1 atom stereocenters. The Labute approximate surface area is 188 Å². The van der Waals surface area contributed by atoms with Gasteiger partial charge in [0.2, 0.25) is 5.88 Å². The lowest BCUT2D eigenvalue weighted by Gasteiger charge is -2.20. The number of pyridine rings is 2. The van der Waals surface area contributed by atoms with Crippen molar-refractivity contribution in [2.45, 2.75) is 6.04 Å². The van der Waals surface area contributed by atoms with E-state index in [0.29, 0.717) is 16.8 Å². The summed E-state index contributed by atoms with van der Waals surface area (Å²) < 4.78 is 11.4. The number of carbonyl (C=O) groups excluding carboxylic acids is 1. The molecule has 3 heterocycles. The Morgan fingerprint density at radius 2 is 1.64 bits per heavy atom. The van der Waals surface area contributed by atoms with E-state index in [2.05, 4.69) is 25.3 Å². The monoisotopic (exact) mass is 463 g/mol. The summed E-state index contributed by atoms with van der Waals surface area (Å²) in [6.07, 6.45) is 4.05. The van der Waals surface area contributed by atoms with Crippen LogP contribution in [0.1, 0.15) is 27.5 Å². The molecule has 11 heteroatoms. The zero-order chi connectivity index (χ0) is 23.4. The maximum absolute atomic E-state index is 13.0. The Kier molecular flexibility index (Phi) is 6.23. The molecule has 1 unspecified atom stereocenters. The second-order valence-corrected chi connectivity index (χ2v) is 8.50. The van der Waals surface area contributed by atoms with Gasteiger partial charge in [0.05, 0.1) is 6.04 Å². The van der Waals surface area contributed by atoms with Crippen LogP contribution in [0, 0.1) is 0 Å². The summed E-state index contributed by atoms with van der Waals surface area (Å²) in [4.78, 5) is 47.6. The lowest BCUT2D eigenvalue weighted by Crippen LogP contribution is -2.30. The zero-order valence-corrected chi connectivity index (χ0v) is 17.9. The largest absolute Gasteiger partial charge is 0.493 e. The van der Waals surface area contributed by atoms with Crippen LogP contribution in [0.25, 0.3) is 11.5 Å². The topological polar surface area (TPSA) is 158 Å². The molecular weight excluding hydrogens is 445 g/mol. The zero-order valence-electron chi connectivity index (χ0n) is 17.0. The van der Waals surface area contributed by atoms with Crippen LogP contribution in [-0.2, 0) is 4.57 Å². The van der Waals surface area contributed by atoms with Gasteiger partial charge in [-0.25, -0.2) is 9.97 Å². The lowest BCUT2D eigenvalue weighted by atomic mass is 10.00. The van der Waals surface area contributed by atoms with E-state index in [1.54, 1.807) is 48.7 Å². The minimum Gasteiger partial charge on any atom is -0.493 e. The first-order valence-electron chi connectivity index (χ1n) is 9.68. The molecule has 0 aliphatic heterocycles. The molecule has 1 aromatic carbocycles. The van der Waals surface area contributed by atoms with E-state index in [-0.39, 0.29) is 16.8 Å². The Hall–Kier alpha value is -3.98. The molecule has 0 bridgehead atoms. The Morgan fingerprint density at radius 3 is 2.24 bits per heavy atom. The van der Waals surface area contributed by atoms with Crippen molar-refractivity contribution in [2.24, 2.45) is 0 Å². The van der Waals surface area contributed by atoms with Crippen LogP contribution in [0.4, 0.5) is 0 Å². The molecule has 4 N–H and O–H groups in total. The SMILES string of the molecule is O=C(NC(c1ccccc1)c1ccc(P(=O)(O)O)nc1)c1cnc(-c2ccccn2)nc1O. The van der Waals surface area contributed by atoms with E-state index in [0.717, 1.165) is 0 Å². The number of carbonyl (C=O) groups is 1. The normalized spacial score (nSPS) is 12.2. The summed E-state index contributed by atoms with van der Waals surface area (Å²) in [7, 11) is -4.51. The molecule has 0 saturated carbocycles. The Balaban J connectivity index is 1.64. The van der Waals surface area contributed by atoms with Crippen molar-refractivity contribution in [3.05, 3.63) is 95.9 Å².